The van der Waals surface area contributed by atoms with Crippen LogP contribution in [-0.4, -0.2) is 46.2 Å². The molecule has 2 aliphatic heterocycles. The number of carbonyl (C=O) groups is 1. The Kier molecular flexibility index (Phi) is 3.18. The minimum atomic E-state index is 0.0981. The molecule has 1 amide bonds. The van der Waals surface area contributed by atoms with Gasteiger partial charge < -0.3 is 14.2 Å². The predicted octanol–water partition coefficient (Wildman–Crippen LogP) is 2.24. The highest BCUT2D eigenvalue weighted by Gasteiger charge is 2.45. The van der Waals surface area contributed by atoms with E-state index in [1.165, 1.54) is 0 Å². The van der Waals surface area contributed by atoms with Gasteiger partial charge in [0, 0.05) is 13.1 Å². The first kappa shape index (κ1) is 13.8. The largest absolute Gasteiger partial charge is 0.466 e. The summed E-state index contributed by atoms with van der Waals surface area (Å²) in [6, 6.07) is 2.49. The number of amides is 1. The molecule has 2 aliphatic rings. The van der Waals surface area contributed by atoms with Gasteiger partial charge in [-0.05, 0) is 32.8 Å². The molecule has 116 valence electrons. The molecular weight excluding hydrogens is 300 g/mol. The van der Waals surface area contributed by atoms with E-state index in [9.17, 15) is 4.79 Å². The summed E-state index contributed by atoms with van der Waals surface area (Å²) in [4.78, 5) is 17.2. The van der Waals surface area contributed by atoms with Gasteiger partial charge in [-0.1, -0.05) is 11.3 Å². The van der Waals surface area contributed by atoms with Crippen LogP contribution in [0.1, 0.15) is 34.7 Å². The second-order valence-electron chi connectivity index (χ2n) is 5.95. The second kappa shape index (κ2) is 5.08. The van der Waals surface area contributed by atoms with Crippen molar-refractivity contribution in [3.63, 3.8) is 0 Å². The summed E-state index contributed by atoms with van der Waals surface area (Å²) in [5.41, 5.74) is 2.46. The molecule has 2 aromatic rings. The summed E-state index contributed by atoms with van der Waals surface area (Å²) in [6.07, 6.45) is 1.98. The fraction of sp³-hybridized carbons (Fsp3) is 0.533. The van der Waals surface area contributed by atoms with Gasteiger partial charge in [-0.15, -0.1) is 10.2 Å². The summed E-state index contributed by atoms with van der Waals surface area (Å²) in [7, 11) is 0. The van der Waals surface area contributed by atoms with Crippen LogP contribution in [-0.2, 0) is 0 Å². The third-order valence-corrected chi connectivity index (χ3v) is 5.43. The minimum absolute atomic E-state index is 0.0981. The molecule has 0 aliphatic carbocycles. The van der Waals surface area contributed by atoms with Crippen molar-refractivity contribution < 1.29 is 9.21 Å². The summed E-state index contributed by atoms with van der Waals surface area (Å²) in [6.45, 7) is 5.48. The first-order chi connectivity index (χ1) is 10.6. The van der Waals surface area contributed by atoms with Gasteiger partial charge >= 0.3 is 0 Å². The maximum Gasteiger partial charge on any atom is 0.257 e. The van der Waals surface area contributed by atoms with E-state index in [1.807, 2.05) is 24.8 Å². The highest BCUT2D eigenvalue weighted by atomic mass is 32.1. The summed E-state index contributed by atoms with van der Waals surface area (Å²) >= 11 is 1.57. The number of fused-ring (bicyclic) bond motifs is 1. The van der Waals surface area contributed by atoms with E-state index in [-0.39, 0.29) is 11.9 Å². The van der Waals surface area contributed by atoms with Gasteiger partial charge in [0.15, 0.2) is 0 Å². The zero-order chi connectivity index (χ0) is 15.3. The zero-order valence-electron chi connectivity index (χ0n) is 12.7. The molecule has 0 unspecified atom stereocenters. The van der Waals surface area contributed by atoms with Gasteiger partial charge in [0.1, 0.15) is 17.0 Å². The van der Waals surface area contributed by atoms with Crippen molar-refractivity contribution in [1.29, 1.82) is 0 Å². The van der Waals surface area contributed by atoms with Gasteiger partial charge in [-0.3, -0.25) is 4.79 Å². The van der Waals surface area contributed by atoms with E-state index in [4.69, 9.17) is 4.42 Å². The van der Waals surface area contributed by atoms with Crippen LogP contribution >= 0.6 is 11.3 Å². The molecular formula is C15H18N4O2S. The Bertz CT molecular complexity index is 696. The molecule has 7 heteroatoms. The lowest BCUT2D eigenvalue weighted by atomic mass is 10.1. The molecule has 2 aromatic heterocycles. The molecule has 2 atom stereocenters. The van der Waals surface area contributed by atoms with E-state index in [0.717, 1.165) is 36.8 Å². The van der Waals surface area contributed by atoms with Crippen molar-refractivity contribution in [2.45, 2.75) is 38.8 Å². The van der Waals surface area contributed by atoms with E-state index in [2.05, 4.69) is 15.1 Å². The molecule has 0 aromatic carbocycles. The molecule has 0 saturated carbocycles. The fourth-order valence-electron chi connectivity index (χ4n) is 3.77. The van der Waals surface area contributed by atoms with E-state index in [0.29, 0.717) is 17.4 Å². The van der Waals surface area contributed by atoms with Crippen LogP contribution in [0.3, 0.4) is 0 Å². The molecule has 2 fully saturated rings. The second-order valence-corrected chi connectivity index (χ2v) is 6.76. The molecule has 0 bridgehead atoms. The van der Waals surface area contributed by atoms with Crippen LogP contribution < -0.4 is 4.90 Å². The molecule has 4 heterocycles. The molecule has 22 heavy (non-hydrogen) atoms. The molecule has 4 rings (SSSR count). The van der Waals surface area contributed by atoms with E-state index in [1.54, 1.807) is 16.8 Å². The third-order valence-electron chi connectivity index (χ3n) is 4.70. The van der Waals surface area contributed by atoms with E-state index >= 15 is 0 Å². The number of aryl methyl sites for hydroxylation is 2. The Balaban J connectivity index is 1.56. The summed E-state index contributed by atoms with van der Waals surface area (Å²) in [5, 5.41) is 9.08. The normalized spacial score (nSPS) is 24.1. The zero-order valence-corrected chi connectivity index (χ0v) is 13.5. The number of carbonyl (C=O) groups excluding carboxylic acids is 1. The topological polar surface area (TPSA) is 62.5 Å². The third kappa shape index (κ3) is 2.03. The Morgan fingerprint density at radius 2 is 2.14 bits per heavy atom. The lowest BCUT2D eigenvalue weighted by molar-refractivity contribution is 0.0736. The number of hydrogen-bond acceptors (Lipinski definition) is 6. The summed E-state index contributed by atoms with van der Waals surface area (Å²) in [5.74, 6) is 1.60. The monoisotopic (exact) mass is 318 g/mol. The summed E-state index contributed by atoms with van der Waals surface area (Å²) < 4.78 is 5.51. The van der Waals surface area contributed by atoms with Crippen molar-refractivity contribution in [3.05, 3.63) is 28.7 Å². The van der Waals surface area contributed by atoms with Gasteiger partial charge in [0.2, 0.25) is 5.13 Å². The number of likely N-dealkylation sites (tertiary alicyclic amines) is 1. The Morgan fingerprint density at radius 3 is 2.82 bits per heavy atom. The molecule has 0 spiro atoms. The number of nitrogens with zero attached hydrogens (tertiary/aromatic N) is 4. The first-order valence-electron chi connectivity index (χ1n) is 7.56. The van der Waals surface area contributed by atoms with Crippen molar-refractivity contribution in [3.8, 4) is 0 Å². The maximum atomic E-state index is 12.8. The number of anilines is 1. The molecule has 2 saturated heterocycles. The van der Waals surface area contributed by atoms with E-state index < -0.39 is 0 Å². The van der Waals surface area contributed by atoms with Crippen LogP contribution in [0.15, 0.2) is 16.0 Å². The van der Waals surface area contributed by atoms with Crippen LogP contribution in [0.25, 0.3) is 0 Å². The average Bonchev–Trinajstić information content (AvgIpc) is 3.20. The molecule has 0 N–H and O–H groups in total. The Hall–Kier alpha value is -1.89. The predicted molar refractivity (Wildman–Crippen MR) is 83.3 cm³/mol. The van der Waals surface area contributed by atoms with Crippen molar-refractivity contribution in [1.82, 2.24) is 15.1 Å². The SMILES string of the molecule is Cc1cc(C(=O)N2CC[C@@H]3[C@@H]2CCN3c2nncs2)c(C)o1. The van der Waals surface area contributed by atoms with Crippen LogP contribution in [0.5, 0.6) is 0 Å². The van der Waals surface area contributed by atoms with Gasteiger partial charge in [-0.25, -0.2) is 0 Å². The van der Waals surface area contributed by atoms with Crippen LogP contribution in [0.2, 0.25) is 0 Å². The number of furan rings is 1. The highest BCUT2D eigenvalue weighted by Crippen LogP contribution is 2.36. The molecule has 0 radical (unpaired) electrons. The average molecular weight is 318 g/mol. The van der Waals surface area contributed by atoms with Crippen LogP contribution in [0.4, 0.5) is 5.13 Å². The molecule has 6 nitrogen and oxygen atoms in total. The standard InChI is InChI=1S/C15H18N4O2S/c1-9-7-11(10(2)21-9)14(20)18-5-3-13-12(18)4-6-19(13)15-17-16-8-22-15/h7-8,12-13H,3-6H2,1-2H3/t12-,13+/m0/s1. The first-order valence-corrected chi connectivity index (χ1v) is 8.44. The lowest BCUT2D eigenvalue weighted by Crippen LogP contribution is -2.39. The highest BCUT2D eigenvalue weighted by molar-refractivity contribution is 7.13. The van der Waals surface area contributed by atoms with Gasteiger partial charge in [0.25, 0.3) is 5.91 Å². The van der Waals surface area contributed by atoms with Crippen LogP contribution in [0, 0.1) is 13.8 Å². The smallest absolute Gasteiger partial charge is 0.257 e. The quantitative estimate of drug-likeness (QED) is 0.850. The Labute approximate surface area is 132 Å². The lowest BCUT2D eigenvalue weighted by Gasteiger charge is -2.25. The van der Waals surface area contributed by atoms with Crippen molar-refractivity contribution in [2.24, 2.45) is 0 Å². The van der Waals surface area contributed by atoms with Gasteiger partial charge in [-0.2, -0.15) is 0 Å². The minimum Gasteiger partial charge on any atom is -0.466 e. The van der Waals surface area contributed by atoms with Crippen molar-refractivity contribution >= 4 is 22.4 Å². The van der Waals surface area contributed by atoms with Crippen molar-refractivity contribution in [2.75, 3.05) is 18.0 Å². The number of aromatic nitrogens is 2. The van der Waals surface area contributed by atoms with Gasteiger partial charge in [0.05, 0.1) is 17.6 Å². The fourth-order valence-corrected chi connectivity index (χ4v) is 4.41. The Morgan fingerprint density at radius 1 is 1.32 bits per heavy atom. The number of rotatable bonds is 2. The number of hydrogen-bond donors (Lipinski definition) is 0. The maximum absolute atomic E-state index is 12.8.